The first-order valence-electron chi connectivity index (χ1n) is 14.5. The maximum absolute atomic E-state index is 13.3. The third-order valence-electron chi connectivity index (χ3n) is 7.69. The van der Waals surface area contributed by atoms with Crippen LogP contribution >= 0.6 is 0 Å². The van der Waals surface area contributed by atoms with E-state index in [2.05, 4.69) is 14.6 Å². The summed E-state index contributed by atoms with van der Waals surface area (Å²) in [6.07, 6.45) is 0. The van der Waals surface area contributed by atoms with Gasteiger partial charge in [-0.3, -0.25) is 14.4 Å². The highest BCUT2D eigenvalue weighted by atomic mass is 32.2. The second-order valence-corrected chi connectivity index (χ2v) is 12.4. The Morgan fingerprint density at radius 3 is 2.31 bits per heavy atom. The van der Waals surface area contributed by atoms with Gasteiger partial charge < -0.3 is 19.7 Å². The van der Waals surface area contributed by atoms with Crippen LogP contribution < -0.4 is 9.62 Å². The second kappa shape index (κ2) is 12.9. The number of hydrogen-bond acceptors (Lipinski definition) is 7. The largest absolute Gasteiger partial charge is 0.494 e. The Kier molecular flexibility index (Phi) is 8.65. The molecule has 0 atom stereocenters. The zero-order chi connectivity index (χ0) is 31.4. The molecule has 230 valence electrons. The van der Waals surface area contributed by atoms with Gasteiger partial charge in [0.2, 0.25) is 5.91 Å². The molecule has 3 N–H and O–H groups in total. The van der Waals surface area contributed by atoms with Gasteiger partial charge in [0.1, 0.15) is 0 Å². The summed E-state index contributed by atoms with van der Waals surface area (Å²) in [5, 5.41) is 11.6. The maximum Gasteiger partial charge on any atom is 0.261 e. The van der Waals surface area contributed by atoms with Crippen molar-refractivity contribution in [3.63, 3.8) is 0 Å². The molecule has 6 rings (SSSR count). The molecular weight excluding hydrogens is 590 g/mol. The van der Waals surface area contributed by atoms with Crippen molar-refractivity contribution in [1.82, 2.24) is 9.88 Å². The first-order chi connectivity index (χ1) is 21.8. The highest BCUT2D eigenvalue weighted by molar-refractivity contribution is 7.92. The number of ether oxygens (including phenoxy) is 1. The number of fused-ring (bicyclic) bond motifs is 1. The molecule has 1 saturated heterocycles. The summed E-state index contributed by atoms with van der Waals surface area (Å²) in [6.45, 7) is 3.03. The monoisotopic (exact) mass is 623 g/mol. The number of morpholine rings is 1. The van der Waals surface area contributed by atoms with E-state index in [0.29, 0.717) is 53.3 Å². The zero-order valence-electron chi connectivity index (χ0n) is 24.7. The smallest absolute Gasteiger partial charge is 0.261 e. The molecule has 0 bridgehead atoms. The summed E-state index contributed by atoms with van der Waals surface area (Å²) in [5.74, 6) is -0.155. The maximum atomic E-state index is 13.3. The molecule has 5 aromatic rings. The number of rotatable bonds is 9. The van der Waals surface area contributed by atoms with Crippen LogP contribution in [0.3, 0.4) is 0 Å². The number of aromatic hydroxyl groups is 1. The van der Waals surface area contributed by atoms with Crippen molar-refractivity contribution in [3.05, 3.63) is 114 Å². The van der Waals surface area contributed by atoms with E-state index in [4.69, 9.17) is 9.73 Å². The lowest BCUT2D eigenvalue weighted by molar-refractivity contribution is -0.120. The number of sulfonamides is 1. The second-order valence-electron chi connectivity index (χ2n) is 10.7. The average molecular weight is 624 g/mol. The number of nitrogens with one attached hydrogen (secondary N) is 2. The molecule has 10 nitrogen and oxygen atoms in total. The van der Waals surface area contributed by atoms with E-state index in [-0.39, 0.29) is 16.7 Å². The fourth-order valence-electron chi connectivity index (χ4n) is 5.23. The molecule has 45 heavy (non-hydrogen) atoms. The van der Waals surface area contributed by atoms with Crippen LogP contribution in [0.5, 0.6) is 5.88 Å². The average Bonchev–Trinajstić information content (AvgIpc) is 3.39. The predicted octanol–water partition coefficient (Wildman–Crippen LogP) is 5.14. The van der Waals surface area contributed by atoms with E-state index in [1.165, 1.54) is 12.1 Å². The lowest BCUT2D eigenvalue weighted by Crippen LogP contribution is -2.43. The number of amides is 1. The van der Waals surface area contributed by atoms with Crippen LogP contribution in [0.4, 0.5) is 17.1 Å². The third-order valence-corrected chi connectivity index (χ3v) is 9.06. The number of carbonyl (C=O) groups excluding carboxylic acids is 1. The van der Waals surface area contributed by atoms with Gasteiger partial charge in [-0.05, 0) is 54.6 Å². The molecule has 1 aromatic heterocycles. The van der Waals surface area contributed by atoms with Gasteiger partial charge in [-0.25, -0.2) is 13.4 Å². The molecule has 0 radical (unpaired) electrons. The molecule has 1 amide bonds. The molecule has 0 aliphatic carbocycles. The fraction of sp³-hybridized carbons (Fsp3) is 0.176. The van der Waals surface area contributed by atoms with Crippen LogP contribution in [0.2, 0.25) is 0 Å². The predicted molar refractivity (Wildman–Crippen MR) is 176 cm³/mol. The Bertz CT molecular complexity index is 1940. The minimum Gasteiger partial charge on any atom is -0.494 e. The van der Waals surface area contributed by atoms with Gasteiger partial charge in [-0.15, -0.1) is 0 Å². The molecule has 1 aliphatic heterocycles. The number of aromatic amines is 1. The van der Waals surface area contributed by atoms with Crippen molar-refractivity contribution in [2.24, 2.45) is 4.99 Å². The van der Waals surface area contributed by atoms with Gasteiger partial charge in [0.15, 0.2) is 5.88 Å². The Hall–Kier alpha value is -4.97. The molecule has 1 fully saturated rings. The molecule has 0 unspecified atom stereocenters. The first-order valence-corrected chi connectivity index (χ1v) is 16.0. The Morgan fingerprint density at radius 1 is 0.956 bits per heavy atom. The third kappa shape index (κ3) is 6.75. The molecule has 4 aromatic carbocycles. The van der Waals surface area contributed by atoms with Crippen LogP contribution in [0.15, 0.2) is 113 Å². The van der Waals surface area contributed by atoms with Gasteiger partial charge in [0, 0.05) is 48.0 Å². The Balaban J connectivity index is 1.35. The number of anilines is 2. The van der Waals surface area contributed by atoms with E-state index < -0.39 is 10.0 Å². The molecule has 0 saturated carbocycles. The molecule has 2 heterocycles. The lowest BCUT2D eigenvalue weighted by Gasteiger charge is -2.28. The number of para-hydroxylation sites is 1. The van der Waals surface area contributed by atoms with Crippen molar-refractivity contribution >= 4 is 49.6 Å². The van der Waals surface area contributed by atoms with Crippen LogP contribution in [0.1, 0.15) is 11.1 Å². The Labute approximate surface area is 261 Å². The van der Waals surface area contributed by atoms with E-state index in [0.717, 1.165) is 24.3 Å². The topological polar surface area (TPSA) is 127 Å². The van der Waals surface area contributed by atoms with Gasteiger partial charge in [0.05, 0.1) is 41.6 Å². The number of likely N-dealkylation sites (N-methyl/N-ethyl adjacent to an activating group) is 1. The number of aliphatic imine (C=N–C) groups is 1. The van der Waals surface area contributed by atoms with Gasteiger partial charge in [-0.2, -0.15) is 0 Å². The molecule has 11 heteroatoms. The molecular formula is C34H33N5O5S. The zero-order valence-corrected chi connectivity index (χ0v) is 25.5. The van der Waals surface area contributed by atoms with Crippen molar-refractivity contribution < 1.29 is 23.1 Å². The number of aromatic nitrogens is 1. The fourth-order valence-corrected chi connectivity index (χ4v) is 6.31. The van der Waals surface area contributed by atoms with Crippen LogP contribution in [-0.2, 0) is 19.6 Å². The summed E-state index contributed by atoms with van der Waals surface area (Å²) in [4.78, 5) is 24.6. The lowest BCUT2D eigenvalue weighted by atomic mass is 10.0. The normalized spacial score (nSPS) is 14.4. The number of H-pyrrole nitrogens is 1. The summed E-state index contributed by atoms with van der Waals surface area (Å²) in [7, 11) is -2.17. The van der Waals surface area contributed by atoms with Crippen molar-refractivity contribution in [3.8, 4) is 5.88 Å². The van der Waals surface area contributed by atoms with Crippen LogP contribution in [0.25, 0.3) is 10.9 Å². The number of nitrogens with zero attached hydrogens (tertiary/aromatic N) is 3. The number of hydrogen-bond donors (Lipinski definition) is 3. The number of benzene rings is 4. The van der Waals surface area contributed by atoms with E-state index in [1.807, 2.05) is 54.6 Å². The SMILES string of the molecule is CN(C(=O)CN1CCOCC1)c1ccc(N=C(c2ccccc2)c2c(O)[nH]c3ccc(S(=O)(=O)Nc4ccccc4)cc23)cc1. The van der Waals surface area contributed by atoms with Gasteiger partial charge in [-0.1, -0.05) is 48.5 Å². The molecule has 0 spiro atoms. The minimum atomic E-state index is -3.92. The van der Waals surface area contributed by atoms with Crippen molar-refractivity contribution in [2.75, 3.05) is 49.5 Å². The summed E-state index contributed by atoms with van der Waals surface area (Å²) in [6, 6.07) is 29.9. The minimum absolute atomic E-state index is 0.0191. The summed E-state index contributed by atoms with van der Waals surface area (Å²) in [5.41, 5.74) is 3.87. The number of carbonyl (C=O) groups is 1. The summed E-state index contributed by atoms with van der Waals surface area (Å²) < 4.78 is 34.6. The highest BCUT2D eigenvalue weighted by Crippen LogP contribution is 2.33. The quantitative estimate of drug-likeness (QED) is 0.195. The van der Waals surface area contributed by atoms with E-state index >= 15 is 0 Å². The Morgan fingerprint density at radius 2 is 1.62 bits per heavy atom. The van der Waals surface area contributed by atoms with E-state index in [1.54, 1.807) is 48.3 Å². The summed E-state index contributed by atoms with van der Waals surface area (Å²) >= 11 is 0. The van der Waals surface area contributed by atoms with Crippen LogP contribution in [0, 0.1) is 0 Å². The van der Waals surface area contributed by atoms with E-state index in [9.17, 15) is 18.3 Å². The van der Waals surface area contributed by atoms with Gasteiger partial charge in [0.25, 0.3) is 10.0 Å². The van der Waals surface area contributed by atoms with Crippen molar-refractivity contribution in [1.29, 1.82) is 0 Å². The first kappa shape index (κ1) is 30.1. The van der Waals surface area contributed by atoms with Crippen molar-refractivity contribution in [2.45, 2.75) is 4.90 Å². The standard InChI is InChI=1S/C34H33N5O5S/c1-38(31(40)23-39-18-20-44-21-19-39)27-14-12-25(13-15-27)35-33(24-8-4-2-5-9-24)32-29-22-28(16-17-30(29)36-34(32)41)45(42,43)37-26-10-6-3-7-11-26/h2-17,22,36-37,41H,18-21,23H2,1H3. The molecule has 1 aliphatic rings. The highest BCUT2D eigenvalue weighted by Gasteiger charge is 2.23. The van der Waals surface area contributed by atoms with Gasteiger partial charge >= 0.3 is 0 Å². The van der Waals surface area contributed by atoms with Crippen LogP contribution in [-0.4, -0.2) is 74.9 Å².